The van der Waals surface area contributed by atoms with Crippen LogP contribution in [0.15, 0.2) is 17.3 Å². The highest BCUT2D eigenvalue weighted by molar-refractivity contribution is 5.39. The van der Waals surface area contributed by atoms with E-state index in [1.54, 1.807) is 0 Å². The summed E-state index contributed by atoms with van der Waals surface area (Å²) in [5, 5.41) is 4.17. The zero-order valence-corrected chi connectivity index (χ0v) is 9.14. The van der Waals surface area contributed by atoms with Crippen LogP contribution in [0.5, 0.6) is 0 Å². The molecule has 2 aromatic rings. The largest absolute Gasteiger partial charge is 0.373 e. The van der Waals surface area contributed by atoms with Crippen LogP contribution >= 0.6 is 0 Å². The molecule has 0 aromatic carbocycles. The van der Waals surface area contributed by atoms with Crippen LogP contribution < -0.4 is 5.56 Å². The first-order valence-electron chi connectivity index (χ1n) is 5.30. The van der Waals surface area contributed by atoms with Gasteiger partial charge in [-0.05, 0) is 6.42 Å². The molecule has 0 unspecified atom stereocenters. The predicted octanol–water partition coefficient (Wildman–Crippen LogP) is 0.734. The van der Waals surface area contributed by atoms with Gasteiger partial charge in [0.15, 0.2) is 5.82 Å². The lowest BCUT2D eigenvalue weighted by molar-refractivity contribution is 0.111. The van der Waals surface area contributed by atoms with Gasteiger partial charge < -0.3 is 9.72 Å². The number of hydrogen-bond acceptors (Lipinski definition) is 4. The maximum atomic E-state index is 11.5. The summed E-state index contributed by atoms with van der Waals surface area (Å²) in [6, 6.07) is 0. The molecule has 0 fully saturated rings. The molecule has 86 valence electrons. The number of unbranched alkanes of at least 4 members (excludes halogenated alkanes) is 1. The number of ether oxygens (including phenoxy) is 1. The van der Waals surface area contributed by atoms with Crippen LogP contribution in [0, 0.1) is 0 Å². The lowest BCUT2D eigenvalue weighted by Gasteiger charge is -2.02. The van der Waals surface area contributed by atoms with Gasteiger partial charge in [0.1, 0.15) is 18.5 Å². The fourth-order valence-electron chi connectivity index (χ4n) is 1.36. The van der Waals surface area contributed by atoms with Crippen LogP contribution in [-0.2, 0) is 11.3 Å². The molecule has 0 amide bonds. The summed E-state index contributed by atoms with van der Waals surface area (Å²) in [5.41, 5.74) is 0.249. The van der Waals surface area contributed by atoms with E-state index in [2.05, 4.69) is 22.0 Å². The molecule has 0 saturated carbocycles. The Bertz CT molecular complexity index is 517. The highest BCUT2D eigenvalue weighted by atomic mass is 16.5. The molecular weight excluding hydrogens is 208 g/mol. The lowest BCUT2D eigenvalue weighted by Crippen LogP contribution is -2.16. The van der Waals surface area contributed by atoms with Gasteiger partial charge in [-0.2, -0.15) is 5.10 Å². The Morgan fingerprint density at radius 3 is 3.25 bits per heavy atom. The van der Waals surface area contributed by atoms with Crippen LogP contribution in [-0.4, -0.2) is 26.2 Å². The molecule has 0 atom stereocenters. The summed E-state index contributed by atoms with van der Waals surface area (Å²) >= 11 is 0. The fraction of sp³-hybridized carbons (Fsp3) is 0.500. The normalized spacial score (nSPS) is 11.1. The fourth-order valence-corrected chi connectivity index (χ4v) is 1.36. The van der Waals surface area contributed by atoms with Gasteiger partial charge in [0, 0.05) is 6.61 Å². The van der Waals surface area contributed by atoms with Gasteiger partial charge in [0.2, 0.25) is 0 Å². The Morgan fingerprint density at radius 2 is 2.44 bits per heavy atom. The minimum absolute atomic E-state index is 0.193. The van der Waals surface area contributed by atoms with E-state index >= 15 is 0 Å². The third kappa shape index (κ3) is 2.27. The summed E-state index contributed by atoms with van der Waals surface area (Å²) in [6.45, 7) is 3.10. The van der Waals surface area contributed by atoms with E-state index in [1.807, 2.05) is 0 Å². The number of aromatic amines is 1. The monoisotopic (exact) mass is 222 g/mol. The van der Waals surface area contributed by atoms with Crippen molar-refractivity contribution < 1.29 is 4.74 Å². The molecule has 6 nitrogen and oxygen atoms in total. The molecule has 0 aliphatic heterocycles. The second-order valence-corrected chi connectivity index (χ2v) is 3.53. The van der Waals surface area contributed by atoms with E-state index in [1.165, 1.54) is 17.0 Å². The van der Waals surface area contributed by atoms with Gasteiger partial charge in [-0.15, -0.1) is 0 Å². The third-order valence-electron chi connectivity index (χ3n) is 2.22. The van der Waals surface area contributed by atoms with E-state index < -0.39 is 0 Å². The first-order chi connectivity index (χ1) is 7.81. The topological polar surface area (TPSA) is 72.3 Å². The van der Waals surface area contributed by atoms with Gasteiger partial charge in [-0.25, -0.2) is 9.50 Å². The Kier molecular flexibility index (Phi) is 3.31. The highest BCUT2D eigenvalue weighted by Crippen LogP contribution is 1.96. The van der Waals surface area contributed by atoms with Crippen molar-refractivity contribution in [3.05, 3.63) is 28.7 Å². The number of nitrogens with zero attached hydrogens (tertiary/aromatic N) is 3. The van der Waals surface area contributed by atoms with Crippen LogP contribution in [0.25, 0.3) is 5.52 Å². The standard InChI is InChI=1S/C10H14N4O2/c1-2-3-4-16-6-9-12-10(15)8-5-11-7-14(8)13-9/h5,7H,2-4,6H2,1H3,(H,12,13,15). The second kappa shape index (κ2) is 4.89. The average molecular weight is 222 g/mol. The maximum absolute atomic E-state index is 11.5. The second-order valence-electron chi connectivity index (χ2n) is 3.53. The molecule has 2 aromatic heterocycles. The number of nitrogens with one attached hydrogen (secondary N) is 1. The number of fused-ring (bicyclic) bond motifs is 1. The van der Waals surface area contributed by atoms with Crippen molar-refractivity contribution in [3.8, 4) is 0 Å². The highest BCUT2D eigenvalue weighted by Gasteiger charge is 2.03. The molecule has 0 spiro atoms. The molecule has 2 heterocycles. The zero-order valence-electron chi connectivity index (χ0n) is 9.14. The van der Waals surface area contributed by atoms with Gasteiger partial charge in [-0.3, -0.25) is 4.79 Å². The van der Waals surface area contributed by atoms with E-state index in [4.69, 9.17) is 4.74 Å². The summed E-state index contributed by atoms with van der Waals surface area (Å²) in [5.74, 6) is 0.520. The lowest BCUT2D eigenvalue weighted by atomic mass is 10.4. The molecule has 1 N–H and O–H groups in total. The SMILES string of the molecule is CCCCOCc1nn2cncc2c(=O)[nH]1. The molecule has 2 rings (SSSR count). The van der Waals surface area contributed by atoms with Crippen LogP contribution in [0.3, 0.4) is 0 Å². The molecule has 6 heteroatoms. The number of aromatic nitrogens is 4. The van der Waals surface area contributed by atoms with E-state index in [0.717, 1.165) is 12.8 Å². The number of H-pyrrole nitrogens is 1. The summed E-state index contributed by atoms with van der Waals surface area (Å²) in [6.07, 6.45) is 5.08. The first kappa shape index (κ1) is 10.8. The van der Waals surface area contributed by atoms with Gasteiger partial charge in [0.05, 0.1) is 6.20 Å². The molecular formula is C10H14N4O2. The first-order valence-corrected chi connectivity index (χ1v) is 5.30. The van der Waals surface area contributed by atoms with E-state index in [-0.39, 0.29) is 5.56 Å². The Morgan fingerprint density at radius 1 is 1.56 bits per heavy atom. The van der Waals surface area contributed by atoms with Crippen LogP contribution in [0.4, 0.5) is 0 Å². The predicted molar refractivity (Wildman–Crippen MR) is 58.2 cm³/mol. The molecule has 16 heavy (non-hydrogen) atoms. The van der Waals surface area contributed by atoms with Gasteiger partial charge in [0.25, 0.3) is 5.56 Å². The van der Waals surface area contributed by atoms with Crippen molar-refractivity contribution in [2.45, 2.75) is 26.4 Å². The summed E-state index contributed by atoms with van der Waals surface area (Å²) in [7, 11) is 0. The van der Waals surface area contributed by atoms with Crippen molar-refractivity contribution in [2.75, 3.05) is 6.61 Å². The minimum atomic E-state index is -0.193. The average Bonchev–Trinajstić information content (AvgIpc) is 2.73. The molecule has 0 aliphatic rings. The minimum Gasteiger partial charge on any atom is -0.373 e. The van der Waals surface area contributed by atoms with E-state index in [9.17, 15) is 4.79 Å². The molecule has 0 saturated heterocycles. The van der Waals surface area contributed by atoms with Crippen LogP contribution in [0.2, 0.25) is 0 Å². The smallest absolute Gasteiger partial charge is 0.277 e. The molecule has 0 aliphatic carbocycles. The van der Waals surface area contributed by atoms with Crippen molar-refractivity contribution in [3.63, 3.8) is 0 Å². The Hall–Kier alpha value is -1.69. The Balaban J connectivity index is 2.10. The van der Waals surface area contributed by atoms with E-state index in [0.29, 0.717) is 24.6 Å². The molecule has 0 radical (unpaired) electrons. The summed E-state index contributed by atoms with van der Waals surface area (Å²) < 4.78 is 6.83. The van der Waals surface area contributed by atoms with Crippen molar-refractivity contribution >= 4 is 5.52 Å². The Labute approximate surface area is 92.3 Å². The van der Waals surface area contributed by atoms with Gasteiger partial charge in [-0.1, -0.05) is 13.3 Å². The maximum Gasteiger partial charge on any atom is 0.277 e. The quantitative estimate of drug-likeness (QED) is 0.757. The third-order valence-corrected chi connectivity index (χ3v) is 2.22. The van der Waals surface area contributed by atoms with Crippen molar-refractivity contribution in [2.24, 2.45) is 0 Å². The van der Waals surface area contributed by atoms with Crippen molar-refractivity contribution in [1.82, 2.24) is 19.6 Å². The number of rotatable bonds is 5. The van der Waals surface area contributed by atoms with Gasteiger partial charge >= 0.3 is 0 Å². The number of imidazole rings is 1. The van der Waals surface area contributed by atoms with Crippen molar-refractivity contribution in [1.29, 1.82) is 0 Å². The van der Waals surface area contributed by atoms with Crippen LogP contribution in [0.1, 0.15) is 25.6 Å². The molecule has 0 bridgehead atoms. The zero-order chi connectivity index (χ0) is 11.4. The number of hydrogen-bond donors (Lipinski definition) is 1. The summed E-state index contributed by atoms with van der Waals surface area (Å²) in [4.78, 5) is 18.1.